The van der Waals surface area contributed by atoms with Crippen molar-refractivity contribution >= 4 is 11.6 Å². The van der Waals surface area contributed by atoms with Crippen LogP contribution in [0.5, 0.6) is 0 Å². The van der Waals surface area contributed by atoms with Crippen LogP contribution < -0.4 is 5.32 Å². The number of hydrogen-bond acceptors (Lipinski definition) is 4. The Balaban J connectivity index is 1.93. The fourth-order valence-electron chi connectivity index (χ4n) is 1.90. The quantitative estimate of drug-likeness (QED) is 0.759. The molecule has 98 valence electrons. The first kappa shape index (κ1) is 12.0. The molecule has 0 aliphatic carbocycles. The molecule has 0 spiro atoms. The molecule has 3 aromatic rings. The van der Waals surface area contributed by atoms with Gasteiger partial charge in [0.2, 0.25) is 0 Å². The zero-order chi connectivity index (χ0) is 13.8. The molecule has 0 aliphatic rings. The van der Waals surface area contributed by atoms with Gasteiger partial charge in [0.15, 0.2) is 0 Å². The molecule has 2 aromatic carbocycles. The van der Waals surface area contributed by atoms with Gasteiger partial charge in [0, 0.05) is 11.3 Å². The van der Waals surface area contributed by atoms with E-state index in [1.165, 1.54) is 0 Å². The highest BCUT2D eigenvalue weighted by atomic mass is 16.2. The summed E-state index contributed by atoms with van der Waals surface area (Å²) in [5.74, 6) is -0.394. The zero-order valence-corrected chi connectivity index (χ0v) is 10.4. The number of hydrogen-bond donors (Lipinski definition) is 2. The van der Waals surface area contributed by atoms with Crippen molar-refractivity contribution in [3.63, 3.8) is 0 Å². The van der Waals surface area contributed by atoms with Crippen LogP contribution >= 0.6 is 0 Å². The van der Waals surface area contributed by atoms with Crippen LogP contribution in [0.4, 0.5) is 5.69 Å². The molecule has 0 saturated carbocycles. The summed E-state index contributed by atoms with van der Waals surface area (Å²) >= 11 is 0. The van der Waals surface area contributed by atoms with Crippen molar-refractivity contribution in [1.82, 2.24) is 20.6 Å². The van der Waals surface area contributed by atoms with E-state index in [9.17, 15) is 4.79 Å². The highest BCUT2D eigenvalue weighted by Crippen LogP contribution is 2.27. The van der Waals surface area contributed by atoms with Gasteiger partial charge in [-0.1, -0.05) is 48.5 Å². The second-order valence-corrected chi connectivity index (χ2v) is 4.10. The predicted molar refractivity (Wildman–Crippen MR) is 74.0 cm³/mol. The van der Waals surface area contributed by atoms with Crippen LogP contribution in [0.15, 0.2) is 54.6 Å². The van der Waals surface area contributed by atoms with Gasteiger partial charge in [-0.2, -0.15) is 5.21 Å². The van der Waals surface area contributed by atoms with Crippen molar-refractivity contribution in [3.8, 4) is 11.1 Å². The number of anilines is 1. The number of rotatable bonds is 3. The zero-order valence-electron chi connectivity index (χ0n) is 10.4. The van der Waals surface area contributed by atoms with Gasteiger partial charge in [0.25, 0.3) is 11.7 Å². The van der Waals surface area contributed by atoms with Gasteiger partial charge in [-0.3, -0.25) is 4.79 Å². The number of aromatic nitrogens is 4. The second kappa shape index (κ2) is 5.31. The number of carbonyl (C=O) groups excluding carboxylic acids is 1. The highest BCUT2D eigenvalue weighted by Gasteiger charge is 2.13. The van der Waals surface area contributed by atoms with Crippen molar-refractivity contribution in [3.05, 3.63) is 60.4 Å². The largest absolute Gasteiger partial charge is 0.319 e. The number of amides is 1. The molecule has 0 bridgehead atoms. The van der Waals surface area contributed by atoms with E-state index in [2.05, 4.69) is 25.9 Å². The SMILES string of the molecule is O=C(Nc1ccccc1-c1ccccc1)c1nn[nH]n1. The van der Waals surface area contributed by atoms with Gasteiger partial charge in [0.05, 0.1) is 0 Å². The molecule has 1 heterocycles. The standard InChI is InChI=1S/C14H11N5O/c20-14(13-16-18-19-17-13)15-12-9-5-4-8-11(12)10-6-2-1-3-7-10/h1-9H,(H,15,20)(H,16,17,18,19). The third kappa shape index (κ3) is 2.39. The lowest BCUT2D eigenvalue weighted by molar-refractivity contribution is 0.101. The summed E-state index contributed by atoms with van der Waals surface area (Å²) in [5.41, 5.74) is 2.66. The Morgan fingerprint density at radius 3 is 2.50 bits per heavy atom. The second-order valence-electron chi connectivity index (χ2n) is 4.10. The van der Waals surface area contributed by atoms with Gasteiger partial charge >= 0.3 is 0 Å². The molecule has 6 nitrogen and oxygen atoms in total. The van der Waals surface area contributed by atoms with Crippen LogP contribution in [-0.2, 0) is 0 Å². The molecule has 0 radical (unpaired) electrons. The van der Waals surface area contributed by atoms with Crippen LogP contribution in [0, 0.1) is 0 Å². The average Bonchev–Trinajstić information content (AvgIpc) is 3.03. The third-order valence-electron chi connectivity index (χ3n) is 2.81. The molecule has 1 aromatic heterocycles. The van der Waals surface area contributed by atoms with Crippen LogP contribution in [-0.4, -0.2) is 26.5 Å². The van der Waals surface area contributed by atoms with E-state index in [0.29, 0.717) is 5.69 Å². The molecule has 0 fully saturated rings. The van der Waals surface area contributed by atoms with E-state index >= 15 is 0 Å². The first-order valence-corrected chi connectivity index (χ1v) is 6.04. The summed E-state index contributed by atoms with van der Waals surface area (Å²) in [6.45, 7) is 0. The average molecular weight is 265 g/mol. The fraction of sp³-hybridized carbons (Fsp3) is 0. The number of H-pyrrole nitrogens is 1. The number of para-hydroxylation sites is 1. The molecule has 2 N–H and O–H groups in total. The molecule has 0 atom stereocenters. The number of nitrogens with one attached hydrogen (secondary N) is 2. The Hall–Kier alpha value is -3.02. The van der Waals surface area contributed by atoms with Gasteiger partial charge in [0.1, 0.15) is 0 Å². The van der Waals surface area contributed by atoms with E-state index in [1.807, 2.05) is 54.6 Å². The molecule has 0 saturated heterocycles. The maximum absolute atomic E-state index is 12.0. The van der Waals surface area contributed by atoms with Gasteiger partial charge in [-0.25, -0.2) is 0 Å². The molecule has 1 amide bonds. The smallest absolute Gasteiger partial charge is 0.297 e. The monoisotopic (exact) mass is 265 g/mol. The number of nitrogens with zero attached hydrogens (tertiary/aromatic N) is 3. The fourth-order valence-corrected chi connectivity index (χ4v) is 1.90. The molecule has 20 heavy (non-hydrogen) atoms. The van der Waals surface area contributed by atoms with Crippen LogP contribution in [0.25, 0.3) is 11.1 Å². The van der Waals surface area contributed by atoms with Crippen molar-refractivity contribution < 1.29 is 4.79 Å². The number of tetrazole rings is 1. The van der Waals surface area contributed by atoms with Crippen LogP contribution in [0.3, 0.4) is 0 Å². The maximum atomic E-state index is 12.0. The molecule has 6 heteroatoms. The lowest BCUT2D eigenvalue weighted by Crippen LogP contribution is -2.14. The summed E-state index contributed by atoms with van der Waals surface area (Å²) in [6.07, 6.45) is 0. The van der Waals surface area contributed by atoms with Crippen molar-refractivity contribution in [1.29, 1.82) is 0 Å². The predicted octanol–water partition coefficient (Wildman–Crippen LogP) is 2.12. The lowest BCUT2D eigenvalue weighted by Gasteiger charge is -2.09. The van der Waals surface area contributed by atoms with E-state index in [4.69, 9.17) is 0 Å². The van der Waals surface area contributed by atoms with Crippen LogP contribution in [0.2, 0.25) is 0 Å². The third-order valence-corrected chi connectivity index (χ3v) is 2.81. The lowest BCUT2D eigenvalue weighted by atomic mass is 10.0. The molecule has 0 unspecified atom stereocenters. The summed E-state index contributed by atoms with van der Waals surface area (Å²) in [5, 5.41) is 15.7. The molecular formula is C14H11N5O. The summed E-state index contributed by atoms with van der Waals surface area (Å²) in [7, 11) is 0. The maximum Gasteiger partial charge on any atom is 0.297 e. The number of aromatic amines is 1. The molecule has 3 rings (SSSR count). The Labute approximate surface area is 114 Å². The van der Waals surface area contributed by atoms with Gasteiger partial charge in [-0.05, 0) is 16.8 Å². The Bertz CT molecular complexity index is 709. The van der Waals surface area contributed by atoms with E-state index < -0.39 is 5.91 Å². The number of carbonyl (C=O) groups is 1. The number of benzene rings is 2. The van der Waals surface area contributed by atoms with Crippen molar-refractivity contribution in [2.24, 2.45) is 0 Å². The Kier molecular flexibility index (Phi) is 3.20. The van der Waals surface area contributed by atoms with Crippen molar-refractivity contribution in [2.45, 2.75) is 0 Å². The van der Waals surface area contributed by atoms with Crippen LogP contribution in [0.1, 0.15) is 10.6 Å². The summed E-state index contributed by atoms with van der Waals surface area (Å²) < 4.78 is 0. The molecular weight excluding hydrogens is 254 g/mol. The van der Waals surface area contributed by atoms with Gasteiger partial charge < -0.3 is 5.32 Å². The Morgan fingerprint density at radius 1 is 1.00 bits per heavy atom. The first-order valence-electron chi connectivity index (χ1n) is 6.04. The highest BCUT2D eigenvalue weighted by molar-refractivity contribution is 6.03. The van der Waals surface area contributed by atoms with Crippen molar-refractivity contribution in [2.75, 3.05) is 5.32 Å². The summed E-state index contributed by atoms with van der Waals surface area (Å²) in [6, 6.07) is 17.4. The summed E-state index contributed by atoms with van der Waals surface area (Å²) in [4.78, 5) is 12.0. The normalized spacial score (nSPS) is 10.2. The minimum Gasteiger partial charge on any atom is -0.319 e. The topological polar surface area (TPSA) is 83.6 Å². The van der Waals surface area contributed by atoms with E-state index in [1.54, 1.807) is 0 Å². The van der Waals surface area contributed by atoms with E-state index in [-0.39, 0.29) is 5.82 Å². The minimum atomic E-state index is -0.401. The first-order chi connectivity index (χ1) is 9.84. The Morgan fingerprint density at radius 2 is 1.75 bits per heavy atom. The van der Waals surface area contributed by atoms with Gasteiger partial charge in [-0.15, -0.1) is 10.2 Å². The minimum absolute atomic E-state index is 0.00728. The molecule has 0 aliphatic heterocycles. The van der Waals surface area contributed by atoms with E-state index in [0.717, 1.165) is 11.1 Å².